The second kappa shape index (κ2) is 8.72. The fraction of sp³-hybridized carbons (Fsp3) is 0.793. The monoisotopic (exact) mass is 496 g/mol. The molecule has 4 fully saturated rings. The number of hydrogen-bond donors (Lipinski definition) is 2. The standard InChI is InChI=1S/C29H40F4O2/c1-26-14-12-21(34)17-19(26)5-8-22-23-9-10-25(27(23,2)15-13-24(22)26)28(35,29(31,32)33)16-11-18-3-6-20(30)7-4-18/h3-4,6-7,19,21-25,34-35H,5,8-17H2,1-2H3/t19-,21-,22-,23-,24-,25-,26-,27-,28?/m0/s1. The molecule has 9 atom stereocenters. The molecule has 0 aliphatic heterocycles. The van der Waals surface area contributed by atoms with Gasteiger partial charge in [-0.2, -0.15) is 13.2 Å². The smallest absolute Gasteiger partial charge is 0.393 e. The van der Waals surface area contributed by atoms with Crippen molar-refractivity contribution < 1.29 is 27.8 Å². The summed E-state index contributed by atoms with van der Waals surface area (Å²) in [6.07, 6.45) is 2.35. The molecule has 4 aliphatic rings. The summed E-state index contributed by atoms with van der Waals surface area (Å²) in [4.78, 5) is 0. The highest BCUT2D eigenvalue weighted by molar-refractivity contribution is 5.18. The van der Waals surface area contributed by atoms with Gasteiger partial charge in [0.1, 0.15) is 5.82 Å². The van der Waals surface area contributed by atoms with Crippen molar-refractivity contribution >= 4 is 0 Å². The lowest BCUT2D eigenvalue weighted by Gasteiger charge is -2.61. The Kier molecular flexibility index (Phi) is 6.35. The Labute approximate surface area is 206 Å². The zero-order chi connectivity index (χ0) is 25.2. The highest BCUT2D eigenvalue weighted by atomic mass is 19.4. The number of aliphatic hydroxyl groups excluding tert-OH is 1. The number of aliphatic hydroxyl groups is 2. The van der Waals surface area contributed by atoms with E-state index in [1.807, 2.05) is 6.92 Å². The predicted octanol–water partition coefficient (Wildman–Crippen LogP) is 7.07. The molecule has 1 aromatic carbocycles. The topological polar surface area (TPSA) is 40.5 Å². The van der Waals surface area contributed by atoms with E-state index in [1.165, 1.54) is 24.3 Å². The molecule has 0 saturated heterocycles. The van der Waals surface area contributed by atoms with Crippen LogP contribution >= 0.6 is 0 Å². The molecule has 0 bridgehead atoms. The number of fused-ring (bicyclic) bond motifs is 5. The minimum absolute atomic E-state index is 0.0711. The molecule has 196 valence electrons. The van der Waals surface area contributed by atoms with Crippen molar-refractivity contribution in [2.75, 3.05) is 0 Å². The molecule has 4 aliphatic carbocycles. The van der Waals surface area contributed by atoms with Crippen LogP contribution in [-0.2, 0) is 6.42 Å². The molecule has 4 saturated carbocycles. The largest absolute Gasteiger partial charge is 0.417 e. The molecule has 6 heteroatoms. The molecule has 35 heavy (non-hydrogen) atoms. The highest BCUT2D eigenvalue weighted by Gasteiger charge is 2.68. The molecule has 0 heterocycles. The molecule has 1 unspecified atom stereocenters. The van der Waals surface area contributed by atoms with E-state index in [-0.39, 0.29) is 30.3 Å². The lowest BCUT2D eigenvalue weighted by Crippen LogP contribution is -2.59. The average molecular weight is 497 g/mol. The van der Waals surface area contributed by atoms with Crippen LogP contribution in [0.25, 0.3) is 0 Å². The van der Waals surface area contributed by atoms with Crippen molar-refractivity contribution in [2.45, 2.75) is 102 Å². The van der Waals surface area contributed by atoms with Gasteiger partial charge in [-0.1, -0.05) is 26.0 Å². The van der Waals surface area contributed by atoms with Gasteiger partial charge in [-0.15, -0.1) is 0 Å². The summed E-state index contributed by atoms with van der Waals surface area (Å²) in [6, 6.07) is 5.54. The molecule has 0 amide bonds. The molecule has 0 spiro atoms. The van der Waals surface area contributed by atoms with Gasteiger partial charge in [-0.25, -0.2) is 4.39 Å². The van der Waals surface area contributed by atoms with E-state index >= 15 is 0 Å². The van der Waals surface area contributed by atoms with Crippen LogP contribution in [0, 0.1) is 46.2 Å². The van der Waals surface area contributed by atoms with Gasteiger partial charge in [0.2, 0.25) is 0 Å². The van der Waals surface area contributed by atoms with E-state index in [1.54, 1.807) is 0 Å². The van der Waals surface area contributed by atoms with E-state index in [9.17, 15) is 27.8 Å². The first-order valence-corrected chi connectivity index (χ1v) is 13.6. The first-order chi connectivity index (χ1) is 16.4. The molecule has 1 aromatic rings. The first-order valence-electron chi connectivity index (χ1n) is 13.6. The van der Waals surface area contributed by atoms with Crippen LogP contribution in [0.15, 0.2) is 24.3 Å². The lowest BCUT2D eigenvalue weighted by atomic mass is 9.44. The van der Waals surface area contributed by atoms with Gasteiger partial charge in [-0.05, 0) is 123 Å². The third-order valence-corrected chi connectivity index (χ3v) is 11.4. The SMILES string of the molecule is C[C@]12CC[C@H](O)C[C@@H]1CC[C@@H]1[C@@H]2CC[C@]2(C)[C@@H](C(O)(CCc3ccc(F)cc3)C(F)(F)F)CC[C@@H]12. The summed E-state index contributed by atoms with van der Waals surface area (Å²) in [5.41, 5.74) is -2.49. The molecule has 2 N–H and O–H groups in total. The van der Waals surface area contributed by atoms with E-state index in [0.717, 1.165) is 51.4 Å². The molecule has 2 nitrogen and oxygen atoms in total. The van der Waals surface area contributed by atoms with Gasteiger partial charge in [0.15, 0.2) is 5.60 Å². The van der Waals surface area contributed by atoms with Crippen LogP contribution in [0.2, 0.25) is 0 Å². The Hall–Kier alpha value is -1.14. The van der Waals surface area contributed by atoms with E-state index in [2.05, 4.69) is 6.92 Å². The third-order valence-electron chi connectivity index (χ3n) is 11.4. The number of alkyl halides is 3. The second-order valence-corrected chi connectivity index (χ2v) is 12.8. The maximum absolute atomic E-state index is 14.6. The third kappa shape index (κ3) is 4.05. The number of benzene rings is 1. The van der Waals surface area contributed by atoms with Crippen LogP contribution in [0.4, 0.5) is 17.6 Å². The summed E-state index contributed by atoms with van der Waals surface area (Å²) in [5.74, 6) is 0.389. The maximum atomic E-state index is 14.6. The van der Waals surface area contributed by atoms with Crippen molar-refractivity contribution in [1.82, 2.24) is 0 Å². The Bertz CT molecular complexity index is 916. The van der Waals surface area contributed by atoms with Crippen molar-refractivity contribution in [3.05, 3.63) is 35.6 Å². The summed E-state index contributed by atoms with van der Waals surface area (Å²) in [5, 5.41) is 21.6. The summed E-state index contributed by atoms with van der Waals surface area (Å²) >= 11 is 0. The summed E-state index contributed by atoms with van der Waals surface area (Å²) in [6.45, 7) is 4.41. The quantitative estimate of drug-likeness (QED) is 0.438. The molecular weight excluding hydrogens is 456 g/mol. The summed E-state index contributed by atoms with van der Waals surface area (Å²) < 4.78 is 57.0. The van der Waals surface area contributed by atoms with Gasteiger partial charge in [0.25, 0.3) is 0 Å². The maximum Gasteiger partial charge on any atom is 0.417 e. The molecule has 0 aromatic heterocycles. The van der Waals surface area contributed by atoms with Crippen LogP contribution in [0.1, 0.15) is 83.6 Å². The van der Waals surface area contributed by atoms with Gasteiger partial charge in [0.05, 0.1) is 6.10 Å². The zero-order valence-corrected chi connectivity index (χ0v) is 21.0. The van der Waals surface area contributed by atoms with Crippen LogP contribution < -0.4 is 0 Å². The Morgan fingerprint density at radius 3 is 2.23 bits per heavy atom. The normalized spacial score (nSPS) is 43.1. The minimum Gasteiger partial charge on any atom is -0.393 e. The Morgan fingerprint density at radius 1 is 0.886 bits per heavy atom. The second-order valence-electron chi connectivity index (χ2n) is 12.8. The van der Waals surface area contributed by atoms with Gasteiger partial charge in [-0.3, -0.25) is 0 Å². The van der Waals surface area contributed by atoms with Gasteiger partial charge in [0, 0.05) is 5.92 Å². The number of rotatable bonds is 4. The fourth-order valence-electron chi connectivity index (χ4n) is 9.52. The lowest BCUT2D eigenvalue weighted by molar-refractivity contribution is -0.296. The van der Waals surface area contributed by atoms with E-state index in [0.29, 0.717) is 29.7 Å². The highest BCUT2D eigenvalue weighted by Crippen LogP contribution is 2.69. The van der Waals surface area contributed by atoms with Crippen molar-refractivity contribution in [1.29, 1.82) is 0 Å². The van der Waals surface area contributed by atoms with Crippen LogP contribution in [0.3, 0.4) is 0 Å². The zero-order valence-electron chi connectivity index (χ0n) is 21.0. The summed E-state index contributed by atoms with van der Waals surface area (Å²) in [7, 11) is 0. The van der Waals surface area contributed by atoms with Crippen molar-refractivity contribution in [3.8, 4) is 0 Å². The van der Waals surface area contributed by atoms with E-state index in [4.69, 9.17) is 0 Å². The van der Waals surface area contributed by atoms with Gasteiger partial charge >= 0.3 is 6.18 Å². The van der Waals surface area contributed by atoms with E-state index < -0.39 is 28.9 Å². The van der Waals surface area contributed by atoms with Crippen molar-refractivity contribution in [3.63, 3.8) is 0 Å². The fourth-order valence-corrected chi connectivity index (χ4v) is 9.52. The molecular formula is C29H40F4O2. The first kappa shape index (κ1) is 25.5. The van der Waals surface area contributed by atoms with Gasteiger partial charge < -0.3 is 10.2 Å². The van der Waals surface area contributed by atoms with Crippen LogP contribution in [-0.4, -0.2) is 28.1 Å². The minimum atomic E-state index is -4.71. The van der Waals surface area contributed by atoms with Crippen molar-refractivity contribution in [2.24, 2.45) is 40.4 Å². The number of hydrogen-bond acceptors (Lipinski definition) is 2. The van der Waals surface area contributed by atoms with Crippen LogP contribution in [0.5, 0.6) is 0 Å². The average Bonchev–Trinajstić information content (AvgIpc) is 3.16. The predicted molar refractivity (Wildman–Crippen MR) is 127 cm³/mol. The number of halogens is 4. The Balaban J connectivity index is 1.39. The Morgan fingerprint density at radius 2 is 1.54 bits per heavy atom. The molecule has 0 radical (unpaired) electrons. The molecule has 5 rings (SSSR count). The number of aryl methyl sites for hydroxylation is 1.